The van der Waals surface area contributed by atoms with Crippen molar-refractivity contribution in [3.05, 3.63) is 51.0 Å². The van der Waals surface area contributed by atoms with Gasteiger partial charge in [-0.1, -0.05) is 6.07 Å². The standard InChI is InChI=1S/C17H18N2O3S/c1-10-18-13-7-4-8-14(15(13)23-10)19(2)16(20)11-5-3-6-12(9-11)17(21)22/h3,5-6,9,14H,4,7-8H2,1-2H3,(H,21,22)/t14-/m0/s1. The fraction of sp³-hybridized carbons (Fsp3) is 0.353. The number of hydrogen-bond acceptors (Lipinski definition) is 4. The van der Waals surface area contributed by atoms with Gasteiger partial charge in [-0.15, -0.1) is 11.3 Å². The highest BCUT2D eigenvalue weighted by Crippen LogP contribution is 2.37. The number of carboxylic acids is 1. The number of carbonyl (C=O) groups excluding carboxylic acids is 1. The van der Waals surface area contributed by atoms with Crippen LogP contribution >= 0.6 is 11.3 Å². The highest BCUT2D eigenvalue weighted by Gasteiger charge is 2.30. The van der Waals surface area contributed by atoms with E-state index in [9.17, 15) is 9.59 Å². The Kier molecular flexibility index (Phi) is 4.17. The van der Waals surface area contributed by atoms with Crippen molar-refractivity contribution in [3.63, 3.8) is 0 Å². The molecule has 1 heterocycles. The second kappa shape index (κ2) is 6.12. The van der Waals surface area contributed by atoms with E-state index in [0.717, 1.165) is 30.0 Å². The summed E-state index contributed by atoms with van der Waals surface area (Å²) in [6.07, 6.45) is 2.88. The van der Waals surface area contributed by atoms with Gasteiger partial charge in [0.2, 0.25) is 0 Å². The Bertz CT molecular complexity index is 769. The van der Waals surface area contributed by atoms with Crippen molar-refractivity contribution in [1.82, 2.24) is 9.88 Å². The fourth-order valence-electron chi connectivity index (χ4n) is 3.02. The number of nitrogens with zero attached hydrogens (tertiary/aromatic N) is 2. The molecule has 1 aromatic carbocycles. The van der Waals surface area contributed by atoms with Crippen LogP contribution in [0.4, 0.5) is 0 Å². The summed E-state index contributed by atoms with van der Waals surface area (Å²) in [6, 6.07) is 6.21. The van der Waals surface area contributed by atoms with Gasteiger partial charge in [-0.05, 0) is 44.4 Å². The number of benzene rings is 1. The van der Waals surface area contributed by atoms with Gasteiger partial charge in [0.05, 0.1) is 27.2 Å². The van der Waals surface area contributed by atoms with Crippen LogP contribution in [-0.4, -0.2) is 33.9 Å². The maximum atomic E-state index is 12.8. The lowest BCUT2D eigenvalue weighted by molar-refractivity contribution is 0.0697. The predicted molar refractivity (Wildman–Crippen MR) is 88.0 cm³/mol. The van der Waals surface area contributed by atoms with Crippen LogP contribution in [0.25, 0.3) is 0 Å². The molecule has 0 unspecified atom stereocenters. The van der Waals surface area contributed by atoms with Crippen LogP contribution in [0.2, 0.25) is 0 Å². The summed E-state index contributed by atoms with van der Waals surface area (Å²) in [5, 5.41) is 10.1. The molecule has 1 aliphatic carbocycles. The molecule has 0 fully saturated rings. The SMILES string of the molecule is Cc1nc2c(s1)[C@@H](N(C)C(=O)c1cccc(C(=O)O)c1)CCC2. The molecule has 3 rings (SSSR count). The van der Waals surface area contributed by atoms with Crippen LogP contribution in [0.3, 0.4) is 0 Å². The normalized spacial score (nSPS) is 16.7. The van der Waals surface area contributed by atoms with Crippen LogP contribution in [0.1, 0.15) is 55.2 Å². The Morgan fingerprint density at radius 3 is 2.83 bits per heavy atom. The second-order valence-electron chi connectivity index (χ2n) is 5.75. The number of aromatic nitrogens is 1. The first-order valence-corrected chi connectivity index (χ1v) is 8.35. The summed E-state index contributed by atoms with van der Waals surface area (Å²) in [5.41, 5.74) is 1.63. The molecule has 0 saturated carbocycles. The average Bonchev–Trinajstić information content (AvgIpc) is 2.93. The molecule has 2 aromatic rings. The summed E-state index contributed by atoms with van der Waals surface area (Å²) < 4.78 is 0. The van der Waals surface area contributed by atoms with E-state index in [-0.39, 0.29) is 17.5 Å². The lowest BCUT2D eigenvalue weighted by Gasteiger charge is -2.30. The molecule has 0 bridgehead atoms. The van der Waals surface area contributed by atoms with Gasteiger partial charge < -0.3 is 10.0 Å². The number of carboxylic acid groups (broad SMARTS) is 1. The summed E-state index contributed by atoms with van der Waals surface area (Å²) >= 11 is 1.65. The molecule has 0 saturated heterocycles. The zero-order valence-electron chi connectivity index (χ0n) is 13.1. The number of rotatable bonds is 3. The van der Waals surface area contributed by atoms with Crippen LogP contribution in [0.5, 0.6) is 0 Å². The van der Waals surface area contributed by atoms with Gasteiger partial charge in [-0.25, -0.2) is 9.78 Å². The van der Waals surface area contributed by atoms with Crippen LogP contribution in [-0.2, 0) is 6.42 Å². The molecule has 6 heteroatoms. The van der Waals surface area contributed by atoms with Gasteiger partial charge in [0.15, 0.2) is 0 Å². The Hall–Kier alpha value is -2.21. The van der Waals surface area contributed by atoms with Gasteiger partial charge >= 0.3 is 5.97 Å². The highest BCUT2D eigenvalue weighted by molar-refractivity contribution is 7.11. The van der Waals surface area contributed by atoms with Gasteiger partial charge in [0, 0.05) is 12.6 Å². The number of fused-ring (bicyclic) bond motifs is 1. The number of aromatic carboxylic acids is 1. The topological polar surface area (TPSA) is 70.5 Å². The van der Waals surface area contributed by atoms with Crippen molar-refractivity contribution in [2.45, 2.75) is 32.2 Å². The van der Waals surface area contributed by atoms with Crippen molar-refractivity contribution in [1.29, 1.82) is 0 Å². The first-order valence-electron chi connectivity index (χ1n) is 7.54. The summed E-state index contributed by atoms with van der Waals surface area (Å²) in [5.74, 6) is -1.18. The van der Waals surface area contributed by atoms with Crippen molar-refractivity contribution in [3.8, 4) is 0 Å². The van der Waals surface area contributed by atoms with Gasteiger partial charge in [-0.2, -0.15) is 0 Å². The molecule has 5 nitrogen and oxygen atoms in total. The Labute approximate surface area is 138 Å². The molecular formula is C17H18N2O3S. The van der Waals surface area contributed by atoms with E-state index in [1.54, 1.807) is 35.4 Å². The zero-order chi connectivity index (χ0) is 16.6. The van der Waals surface area contributed by atoms with Crippen molar-refractivity contribution < 1.29 is 14.7 Å². The summed E-state index contributed by atoms with van der Waals surface area (Å²) in [4.78, 5) is 31.3. The summed E-state index contributed by atoms with van der Waals surface area (Å²) in [7, 11) is 1.78. The first-order chi connectivity index (χ1) is 11.0. The second-order valence-corrected chi connectivity index (χ2v) is 6.99. The quantitative estimate of drug-likeness (QED) is 0.937. The lowest BCUT2D eigenvalue weighted by Crippen LogP contribution is -2.32. The van der Waals surface area contributed by atoms with Crippen molar-refractivity contribution >= 4 is 23.2 Å². The monoisotopic (exact) mass is 330 g/mol. The third-order valence-electron chi connectivity index (χ3n) is 4.17. The van der Waals surface area contributed by atoms with E-state index in [1.165, 1.54) is 17.0 Å². The molecule has 1 N–H and O–H groups in total. The molecule has 23 heavy (non-hydrogen) atoms. The molecule has 0 radical (unpaired) electrons. The van der Waals surface area contributed by atoms with Crippen molar-refractivity contribution in [2.24, 2.45) is 0 Å². The molecule has 120 valence electrons. The first kappa shape index (κ1) is 15.7. The van der Waals surface area contributed by atoms with Crippen molar-refractivity contribution in [2.75, 3.05) is 7.05 Å². The highest BCUT2D eigenvalue weighted by atomic mass is 32.1. The van der Waals surface area contributed by atoms with E-state index >= 15 is 0 Å². The largest absolute Gasteiger partial charge is 0.478 e. The number of hydrogen-bond donors (Lipinski definition) is 1. The molecule has 1 atom stereocenters. The minimum atomic E-state index is -1.03. The smallest absolute Gasteiger partial charge is 0.335 e. The van der Waals surface area contributed by atoms with E-state index in [1.807, 2.05) is 6.92 Å². The number of carbonyl (C=O) groups is 2. The minimum Gasteiger partial charge on any atom is -0.478 e. The van der Waals surface area contributed by atoms with E-state index in [0.29, 0.717) is 5.56 Å². The van der Waals surface area contributed by atoms with Gasteiger partial charge in [-0.3, -0.25) is 4.79 Å². The molecule has 0 spiro atoms. The number of amides is 1. The van der Waals surface area contributed by atoms with E-state index < -0.39 is 5.97 Å². The average molecular weight is 330 g/mol. The Morgan fingerprint density at radius 2 is 2.09 bits per heavy atom. The molecule has 1 aliphatic rings. The predicted octanol–water partition coefficient (Wildman–Crippen LogP) is 3.30. The summed E-state index contributed by atoms with van der Waals surface area (Å²) in [6.45, 7) is 1.98. The minimum absolute atomic E-state index is 0.0194. The lowest BCUT2D eigenvalue weighted by atomic mass is 9.96. The van der Waals surface area contributed by atoms with Gasteiger partial charge in [0.1, 0.15) is 0 Å². The van der Waals surface area contributed by atoms with Gasteiger partial charge in [0.25, 0.3) is 5.91 Å². The third kappa shape index (κ3) is 2.99. The maximum absolute atomic E-state index is 12.8. The molecule has 1 amide bonds. The molecular weight excluding hydrogens is 312 g/mol. The molecule has 1 aromatic heterocycles. The zero-order valence-corrected chi connectivity index (χ0v) is 13.9. The van der Waals surface area contributed by atoms with E-state index in [4.69, 9.17) is 5.11 Å². The third-order valence-corrected chi connectivity index (χ3v) is 5.29. The van der Waals surface area contributed by atoms with Crippen LogP contribution < -0.4 is 0 Å². The number of aryl methyl sites for hydroxylation is 2. The van der Waals surface area contributed by atoms with Crippen LogP contribution in [0, 0.1) is 6.92 Å². The fourth-order valence-corrected chi connectivity index (χ4v) is 4.17. The Balaban J connectivity index is 1.89. The number of thiazole rings is 1. The van der Waals surface area contributed by atoms with E-state index in [2.05, 4.69) is 4.98 Å². The maximum Gasteiger partial charge on any atom is 0.335 e. The Morgan fingerprint density at radius 1 is 1.35 bits per heavy atom. The van der Waals surface area contributed by atoms with Crippen LogP contribution in [0.15, 0.2) is 24.3 Å². The molecule has 0 aliphatic heterocycles.